The van der Waals surface area contributed by atoms with Gasteiger partial charge in [0, 0.05) is 62.7 Å². The summed E-state index contributed by atoms with van der Waals surface area (Å²) in [6.45, 7) is 14.3. The van der Waals surface area contributed by atoms with Gasteiger partial charge >= 0.3 is 0 Å². The first-order valence-electron chi connectivity index (χ1n) is 16.7. The molecule has 2 aliphatic rings. The number of thiophene rings is 2. The van der Waals surface area contributed by atoms with Crippen LogP contribution in [-0.4, -0.2) is 87.0 Å². The van der Waals surface area contributed by atoms with Crippen molar-refractivity contribution in [3.05, 3.63) is 94.7 Å². The molecule has 0 unspecified atom stereocenters. The monoisotopic (exact) mass is 760 g/mol. The number of hydrogen-bond donors (Lipinski definition) is 2. The van der Waals surface area contributed by atoms with E-state index in [0.717, 1.165) is 22.5 Å². The minimum atomic E-state index is -3.39. The number of nitrogens with zero attached hydrogens (tertiary/aromatic N) is 4. The molecular weight excluding hydrogens is 713 g/mol. The van der Waals surface area contributed by atoms with Gasteiger partial charge in [0.2, 0.25) is 0 Å². The van der Waals surface area contributed by atoms with Gasteiger partial charge in [-0.05, 0) is 99.8 Å². The molecule has 2 N–H and O–H groups in total. The van der Waals surface area contributed by atoms with E-state index in [9.17, 15) is 27.0 Å². The maximum Gasteiger partial charge on any atom is 0.252 e. The van der Waals surface area contributed by atoms with Crippen molar-refractivity contribution >= 4 is 54.1 Å². The van der Waals surface area contributed by atoms with E-state index in [-0.39, 0.29) is 12.1 Å². The van der Waals surface area contributed by atoms with Gasteiger partial charge in [-0.25, -0.2) is 16.8 Å². The fraction of sp³-hybridized carbons (Fsp3) is 0.444. The lowest BCUT2D eigenvalue weighted by Gasteiger charge is -2.40. The zero-order chi connectivity index (χ0) is 36.5. The van der Waals surface area contributed by atoms with Crippen molar-refractivity contribution in [3.63, 3.8) is 0 Å². The van der Waals surface area contributed by atoms with Crippen LogP contribution in [0.2, 0.25) is 0 Å². The summed E-state index contributed by atoms with van der Waals surface area (Å²) in [5.74, 6) is 0. The van der Waals surface area contributed by atoms with Crippen molar-refractivity contribution in [2.75, 3.05) is 49.1 Å². The molecule has 50 heavy (non-hydrogen) atoms. The van der Waals surface area contributed by atoms with Gasteiger partial charge in [0.15, 0.2) is 0 Å². The van der Waals surface area contributed by atoms with Crippen molar-refractivity contribution < 1.29 is 27.0 Å². The Labute approximate surface area is 305 Å². The largest absolute Gasteiger partial charge is 0.386 e. The summed E-state index contributed by atoms with van der Waals surface area (Å²) in [5, 5.41) is 23.7. The molecule has 0 amide bonds. The Morgan fingerprint density at radius 3 is 1.18 bits per heavy atom. The number of benzene rings is 2. The van der Waals surface area contributed by atoms with Gasteiger partial charge in [0.25, 0.3) is 20.0 Å². The summed E-state index contributed by atoms with van der Waals surface area (Å²) in [4.78, 5) is 4.43. The van der Waals surface area contributed by atoms with Crippen molar-refractivity contribution in [2.45, 2.75) is 73.2 Å². The molecule has 4 heterocycles. The van der Waals surface area contributed by atoms with Crippen LogP contribution in [0.4, 0.5) is 11.4 Å². The minimum absolute atomic E-state index is 0.0801. The maximum absolute atomic E-state index is 12.7. The van der Waals surface area contributed by atoms with Gasteiger partial charge in [0.1, 0.15) is 8.42 Å². The van der Waals surface area contributed by atoms with E-state index in [4.69, 9.17) is 0 Å². The van der Waals surface area contributed by atoms with E-state index in [0.29, 0.717) is 47.7 Å². The van der Waals surface area contributed by atoms with Crippen LogP contribution in [0.5, 0.6) is 0 Å². The number of aliphatic hydroxyl groups is 2. The van der Waals surface area contributed by atoms with Crippen molar-refractivity contribution in [3.8, 4) is 0 Å². The molecule has 2 aliphatic heterocycles. The summed E-state index contributed by atoms with van der Waals surface area (Å²) < 4.78 is 54.7. The van der Waals surface area contributed by atoms with Crippen LogP contribution in [0.15, 0.2) is 92.0 Å². The molecule has 14 heteroatoms. The molecule has 10 nitrogen and oxygen atoms in total. The SMILES string of the molecule is C[C@H]1CN(S(=O)(=O)c2cccs2)CCN1c1ccc(C(C)(C)O)cc1.C[C@H]1CN(S(=O)(=O)c2cccs2)CCN1c1ccc(C(C)(C)O)cc1. The quantitative estimate of drug-likeness (QED) is 0.233. The van der Waals surface area contributed by atoms with E-state index in [2.05, 4.69) is 9.80 Å². The van der Waals surface area contributed by atoms with E-state index in [1.54, 1.807) is 71.3 Å². The molecule has 0 bridgehead atoms. The van der Waals surface area contributed by atoms with Crippen molar-refractivity contribution in [1.29, 1.82) is 0 Å². The number of hydrogen-bond acceptors (Lipinski definition) is 10. The Hall–Kier alpha value is -2.82. The molecule has 0 radical (unpaired) electrons. The molecule has 272 valence electrons. The van der Waals surface area contributed by atoms with Gasteiger partial charge in [0.05, 0.1) is 11.2 Å². The Balaban J connectivity index is 0.000000194. The highest BCUT2D eigenvalue weighted by Crippen LogP contribution is 2.30. The number of piperazine rings is 2. The topological polar surface area (TPSA) is 122 Å². The predicted molar refractivity (Wildman–Crippen MR) is 203 cm³/mol. The van der Waals surface area contributed by atoms with Gasteiger partial charge in [-0.2, -0.15) is 8.61 Å². The zero-order valence-electron chi connectivity index (χ0n) is 29.4. The average Bonchev–Trinajstić information content (AvgIpc) is 3.81. The standard InChI is InChI=1S/2C18H24N2O3S2/c2*1-14-13-19(25(22,23)17-5-4-12-24-17)10-11-20(14)16-8-6-15(7-9-16)18(2,3)21/h2*4-9,12,14,21H,10-11,13H2,1-3H3/t2*14-/m00/s1. The first kappa shape index (κ1) is 38.4. The van der Waals surface area contributed by atoms with E-state index >= 15 is 0 Å². The molecule has 2 aromatic heterocycles. The summed E-state index contributed by atoms with van der Waals surface area (Å²) in [7, 11) is -6.78. The highest BCUT2D eigenvalue weighted by molar-refractivity contribution is 7.91. The Morgan fingerprint density at radius 2 is 0.920 bits per heavy atom. The maximum atomic E-state index is 12.7. The third-order valence-electron chi connectivity index (χ3n) is 9.17. The van der Waals surface area contributed by atoms with Crippen LogP contribution in [-0.2, 0) is 31.2 Å². The fourth-order valence-corrected chi connectivity index (χ4v) is 11.6. The normalized spacial score (nSPS) is 20.0. The second-order valence-corrected chi connectivity index (χ2v) is 20.1. The zero-order valence-corrected chi connectivity index (χ0v) is 32.7. The molecule has 6 rings (SSSR count). The number of rotatable bonds is 8. The van der Waals surface area contributed by atoms with E-state index in [1.165, 1.54) is 22.7 Å². The lowest BCUT2D eigenvalue weighted by atomic mass is 9.98. The number of sulfonamides is 2. The van der Waals surface area contributed by atoms with Crippen LogP contribution in [0, 0.1) is 0 Å². The highest BCUT2D eigenvalue weighted by atomic mass is 32.3. The second kappa shape index (κ2) is 15.0. The predicted octanol–water partition coefficient (Wildman–Crippen LogP) is 5.75. The molecular formula is C36H48N4O6S4. The van der Waals surface area contributed by atoms with Crippen molar-refractivity contribution in [1.82, 2.24) is 8.61 Å². The Morgan fingerprint density at radius 1 is 0.580 bits per heavy atom. The smallest absolute Gasteiger partial charge is 0.252 e. The molecule has 2 saturated heterocycles. The van der Waals surface area contributed by atoms with E-state index in [1.807, 2.05) is 62.4 Å². The van der Waals surface area contributed by atoms with Crippen molar-refractivity contribution in [2.24, 2.45) is 0 Å². The molecule has 2 fully saturated rings. The summed E-state index contributed by atoms with van der Waals surface area (Å²) in [6, 6.07) is 22.7. The summed E-state index contributed by atoms with van der Waals surface area (Å²) in [5.41, 5.74) is 2.10. The Kier molecular flexibility index (Phi) is 11.6. The molecule has 2 aromatic carbocycles. The third-order valence-corrected chi connectivity index (χ3v) is 15.6. The summed E-state index contributed by atoms with van der Waals surface area (Å²) in [6.07, 6.45) is 0. The van der Waals surface area contributed by atoms with Gasteiger partial charge in [-0.15, -0.1) is 22.7 Å². The van der Waals surface area contributed by atoms with Crippen LogP contribution < -0.4 is 9.80 Å². The molecule has 4 aromatic rings. The second-order valence-electron chi connectivity index (χ2n) is 13.9. The average molecular weight is 761 g/mol. The molecule has 0 saturated carbocycles. The van der Waals surface area contributed by atoms with Crippen LogP contribution in [0.1, 0.15) is 52.7 Å². The Bertz CT molecular complexity index is 1760. The van der Waals surface area contributed by atoms with Gasteiger partial charge in [-0.3, -0.25) is 0 Å². The van der Waals surface area contributed by atoms with Gasteiger partial charge < -0.3 is 20.0 Å². The minimum Gasteiger partial charge on any atom is -0.386 e. The molecule has 2 atom stereocenters. The lowest BCUT2D eigenvalue weighted by molar-refractivity contribution is 0.0780. The van der Waals surface area contributed by atoms with Crippen LogP contribution in [0.25, 0.3) is 0 Å². The lowest BCUT2D eigenvalue weighted by Crippen LogP contribution is -2.53. The first-order valence-corrected chi connectivity index (χ1v) is 21.3. The van der Waals surface area contributed by atoms with Gasteiger partial charge in [-0.1, -0.05) is 36.4 Å². The highest BCUT2D eigenvalue weighted by Gasteiger charge is 2.34. The van der Waals surface area contributed by atoms with Crippen LogP contribution in [0.3, 0.4) is 0 Å². The third kappa shape index (κ3) is 8.61. The molecule has 0 aliphatic carbocycles. The summed E-state index contributed by atoms with van der Waals surface area (Å²) >= 11 is 2.52. The van der Waals surface area contributed by atoms with E-state index < -0.39 is 31.2 Å². The fourth-order valence-electron chi connectivity index (χ4n) is 6.25. The number of anilines is 2. The molecule has 0 spiro atoms. The first-order chi connectivity index (χ1) is 23.4. The van der Waals surface area contributed by atoms with Crippen LogP contribution >= 0.6 is 22.7 Å².